The summed E-state index contributed by atoms with van der Waals surface area (Å²) >= 11 is 1.92. The van der Waals surface area contributed by atoms with Crippen LogP contribution in [0.1, 0.15) is 0 Å². The maximum Gasteiger partial charge on any atom is 0.183 e. The van der Waals surface area contributed by atoms with E-state index in [9.17, 15) is 0 Å². The third-order valence-corrected chi connectivity index (χ3v) is 16.2. The Kier molecular flexibility index (Phi) is 5.56. The van der Waals surface area contributed by atoms with Gasteiger partial charge in [0.25, 0.3) is 0 Å². The van der Waals surface area contributed by atoms with Crippen LogP contribution in [-0.4, -0.2) is 8.07 Å². The Morgan fingerprint density at radius 3 is 1.63 bits per heavy atom. The van der Waals surface area contributed by atoms with E-state index in [1.807, 2.05) is 36.0 Å². The molecule has 0 N–H and O–H groups in total. The second-order valence-corrected chi connectivity index (χ2v) is 16.8. The van der Waals surface area contributed by atoms with Crippen LogP contribution in [0, 0.1) is 0 Å². The lowest BCUT2D eigenvalue weighted by molar-refractivity contribution is 0.477. The lowest BCUT2D eigenvalue weighted by atomic mass is 10.0. The molecule has 0 aromatic heterocycles. The molecule has 46 heavy (non-hydrogen) atoms. The first-order valence-corrected chi connectivity index (χ1v) is 18.5. The summed E-state index contributed by atoms with van der Waals surface area (Å²) in [5, 5.41) is 6.00. The summed E-state index contributed by atoms with van der Waals surface area (Å²) in [7, 11) is -2.53. The van der Waals surface area contributed by atoms with Gasteiger partial charge in [-0.15, -0.1) is 0 Å². The van der Waals surface area contributed by atoms with Crippen molar-refractivity contribution in [3.8, 4) is 33.8 Å². The summed E-state index contributed by atoms with van der Waals surface area (Å²) in [5.41, 5.74) is 8.45. The predicted molar refractivity (Wildman–Crippen MR) is 193 cm³/mol. The molecule has 0 amide bonds. The Hall–Kier alpha value is -5.29. The van der Waals surface area contributed by atoms with E-state index in [0.717, 1.165) is 28.6 Å². The van der Waals surface area contributed by atoms with Crippen LogP contribution >= 0.6 is 11.8 Å². The number of hydrogen-bond acceptors (Lipinski definition) is 3. The van der Waals surface area contributed by atoms with Crippen LogP contribution in [0.2, 0.25) is 0 Å². The molecule has 0 atom stereocenters. The molecule has 2 nitrogen and oxygen atoms in total. The van der Waals surface area contributed by atoms with E-state index in [0.29, 0.717) is 0 Å². The van der Waals surface area contributed by atoms with Crippen molar-refractivity contribution >= 4 is 57.6 Å². The number of benzene rings is 7. The first-order chi connectivity index (χ1) is 22.8. The Morgan fingerprint density at radius 2 is 0.957 bits per heavy atom. The molecular weight excluding hydrogens is 595 g/mol. The zero-order valence-corrected chi connectivity index (χ0v) is 26.7. The monoisotopic (exact) mass is 621 g/mol. The van der Waals surface area contributed by atoms with E-state index in [1.54, 1.807) is 0 Å². The highest BCUT2D eigenvalue weighted by Crippen LogP contribution is 2.50. The van der Waals surface area contributed by atoms with Gasteiger partial charge < -0.3 is 9.64 Å². The zero-order chi connectivity index (χ0) is 30.2. The highest BCUT2D eigenvalue weighted by Gasteiger charge is 2.52. The second-order valence-electron chi connectivity index (χ2n) is 12.1. The molecule has 0 saturated carbocycles. The van der Waals surface area contributed by atoms with Gasteiger partial charge in [-0.25, -0.2) is 0 Å². The Balaban J connectivity index is 1.14. The first-order valence-electron chi connectivity index (χ1n) is 15.7. The van der Waals surface area contributed by atoms with Crippen molar-refractivity contribution in [1.82, 2.24) is 0 Å². The molecular formula is C42H27NOSSi. The summed E-state index contributed by atoms with van der Waals surface area (Å²) in [6, 6.07) is 60.1. The van der Waals surface area contributed by atoms with Crippen molar-refractivity contribution in [2.24, 2.45) is 0 Å². The van der Waals surface area contributed by atoms with E-state index in [2.05, 4.69) is 144 Å². The van der Waals surface area contributed by atoms with Crippen LogP contribution in [-0.2, 0) is 0 Å². The second kappa shape index (κ2) is 9.85. The number of fused-ring (bicyclic) bond motifs is 11. The van der Waals surface area contributed by atoms with E-state index in [4.69, 9.17) is 4.74 Å². The van der Waals surface area contributed by atoms with Gasteiger partial charge in [0, 0.05) is 15.5 Å². The smallest absolute Gasteiger partial charge is 0.183 e. The van der Waals surface area contributed by atoms with E-state index in [-0.39, 0.29) is 0 Å². The van der Waals surface area contributed by atoms with Gasteiger partial charge in [-0.2, -0.15) is 0 Å². The van der Waals surface area contributed by atoms with Gasteiger partial charge >= 0.3 is 0 Å². The molecule has 3 heterocycles. The SMILES string of the molecule is c1ccc2c(c1)Oc1ccccc1N2c1ccc(-c2ccc3c(c2)[Si]2(c4ccccc4S3)c3ccccc3-c3ccccc32)cc1. The lowest BCUT2D eigenvalue weighted by Gasteiger charge is -2.38. The average molecular weight is 622 g/mol. The minimum absolute atomic E-state index is 0.866. The average Bonchev–Trinajstić information content (AvgIpc) is 3.41. The van der Waals surface area contributed by atoms with Crippen molar-refractivity contribution < 1.29 is 4.74 Å². The maximum atomic E-state index is 6.26. The molecule has 0 fully saturated rings. The van der Waals surface area contributed by atoms with Crippen molar-refractivity contribution in [1.29, 1.82) is 0 Å². The summed E-state index contributed by atoms with van der Waals surface area (Å²) in [4.78, 5) is 5.06. The van der Waals surface area contributed by atoms with E-state index in [1.165, 1.54) is 52.8 Å². The van der Waals surface area contributed by atoms with E-state index < -0.39 is 8.07 Å². The molecule has 216 valence electrons. The van der Waals surface area contributed by atoms with E-state index >= 15 is 0 Å². The zero-order valence-electron chi connectivity index (χ0n) is 24.9. The molecule has 7 aromatic rings. The minimum Gasteiger partial charge on any atom is -0.453 e. The molecule has 10 rings (SSSR count). The topological polar surface area (TPSA) is 12.5 Å². The molecule has 1 spiro atoms. The first kappa shape index (κ1) is 26.0. The Labute approximate surface area is 273 Å². The van der Waals surface area contributed by atoms with Crippen LogP contribution in [0.4, 0.5) is 17.1 Å². The molecule has 3 aliphatic heterocycles. The molecule has 0 unspecified atom stereocenters. The van der Waals surface area contributed by atoms with Gasteiger partial charge in [-0.1, -0.05) is 127 Å². The van der Waals surface area contributed by atoms with Crippen LogP contribution in [0.5, 0.6) is 11.5 Å². The minimum atomic E-state index is -2.53. The molecule has 7 aromatic carbocycles. The van der Waals surface area contributed by atoms with Gasteiger partial charge in [-0.3, -0.25) is 0 Å². The molecule has 0 aliphatic carbocycles. The predicted octanol–water partition coefficient (Wildman–Crippen LogP) is 8.75. The largest absolute Gasteiger partial charge is 0.453 e. The van der Waals surface area contributed by atoms with Crippen LogP contribution in [0.15, 0.2) is 174 Å². The van der Waals surface area contributed by atoms with Gasteiger partial charge in [0.1, 0.15) is 0 Å². The number of anilines is 3. The molecule has 0 bridgehead atoms. The lowest BCUT2D eigenvalue weighted by Crippen LogP contribution is -2.74. The number of nitrogens with zero attached hydrogens (tertiary/aromatic N) is 1. The molecule has 3 aliphatic rings. The van der Waals surface area contributed by atoms with Gasteiger partial charge in [0.15, 0.2) is 19.6 Å². The van der Waals surface area contributed by atoms with Crippen molar-refractivity contribution in [3.63, 3.8) is 0 Å². The Morgan fingerprint density at radius 1 is 0.435 bits per heavy atom. The number of para-hydroxylation sites is 4. The summed E-state index contributed by atoms with van der Waals surface area (Å²) in [6.07, 6.45) is 0. The molecule has 0 radical (unpaired) electrons. The highest BCUT2D eigenvalue weighted by molar-refractivity contribution is 8.00. The third-order valence-electron chi connectivity index (χ3n) is 9.74. The molecule has 4 heteroatoms. The maximum absolute atomic E-state index is 6.26. The van der Waals surface area contributed by atoms with Gasteiger partial charge in [-0.05, 0) is 91.5 Å². The van der Waals surface area contributed by atoms with Crippen molar-refractivity contribution in [2.45, 2.75) is 9.79 Å². The van der Waals surface area contributed by atoms with Gasteiger partial charge in [0.2, 0.25) is 0 Å². The fraction of sp³-hybridized carbons (Fsp3) is 0. The number of ether oxygens (including phenoxy) is 1. The number of hydrogen-bond donors (Lipinski definition) is 0. The molecule has 0 saturated heterocycles. The highest BCUT2D eigenvalue weighted by atomic mass is 32.2. The normalized spacial score (nSPS) is 14.3. The summed E-state index contributed by atoms with van der Waals surface area (Å²) in [6.45, 7) is 0. The van der Waals surface area contributed by atoms with Crippen LogP contribution < -0.4 is 30.4 Å². The quantitative estimate of drug-likeness (QED) is 0.179. The van der Waals surface area contributed by atoms with Gasteiger partial charge in [0.05, 0.1) is 11.4 Å². The van der Waals surface area contributed by atoms with Crippen LogP contribution in [0.25, 0.3) is 22.3 Å². The standard InChI is InChI=1S/C42H27NOSSi/c1-8-18-39-31(11-1)32-12-2-9-19-40(32)46(39)41-20-10-7-17-37(41)45-38-26-23-29(27-42(38)46)28-21-24-30(25-22-28)43-33-13-3-5-15-35(33)44-36-16-6-4-14-34(36)43/h1-27H. The summed E-state index contributed by atoms with van der Waals surface area (Å²) < 4.78 is 6.26. The van der Waals surface area contributed by atoms with Crippen molar-refractivity contribution in [3.05, 3.63) is 164 Å². The summed E-state index contributed by atoms with van der Waals surface area (Å²) in [5.74, 6) is 1.73. The van der Waals surface area contributed by atoms with Crippen LogP contribution in [0.3, 0.4) is 0 Å². The van der Waals surface area contributed by atoms with Crippen molar-refractivity contribution in [2.75, 3.05) is 4.90 Å². The third kappa shape index (κ3) is 3.54. The number of rotatable bonds is 2. The fourth-order valence-electron chi connectivity index (χ4n) is 7.82. The Bertz CT molecular complexity index is 2260. The fourth-order valence-corrected chi connectivity index (χ4v) is 15.2.